The lowest BCUT2D eigenvalue weighted by molar-refractivity contribution is 0.668. The van der Waals surface area contributed by atoms with Crippen molar-refractivity contribution in [2.75, 3.05) is 0 Å². The zero-order valence-corrected chi connectivity index (χ0v) is 25.8. The normalized spacial score (nSPS) is 12.0. The van der Waals surface area contributed by atoms with Gasteiger partial charge in [0.1, 0.15) is 33.5 Å². The van der Waals surface area contributed by atoms with Crippen molar-refractivity contribution in [2.45, 2.75) is 6.92 Å². The number of halogens is 1. The average Bonchev–Trinajstić information content (AvgIpc) is 3.80. The van der Waals surface area contributed by atoms with Gasteiger partial charge in [-0.1, -0.05) is 90.5 Å². The van der Waals surface area contributed by atoms with E-state index in [2.05, 4.69) is 31.2 Å². The molecule has 0 aliphatic rings. The number of aromatic nitrogens is 2. The van der Waals surface area contributed by atoms with E-state index in [4.69, 9.17) is 34.8 Å². The molecule has 0 radical (unpaired) electrons. The SMILES string of the molecule is Cc1c(-c2cccc3oc4ccccc4c23)nc(-c2c(Cl)ccc3oc4ccccc4c23)nc1-c1cccc2oc3ccccc3c12. The summed E-state index contributed by atoms with van der Waals surface area (Å²) in [6.45, 7) is 2.09. The zero-order chi connectivity index (χ0) is 31.2. The number of hydrogen-bond acceptors (Lipinski definition) is 5. The highest BCUT2D eigenvalue weighted by Crippen LogP contribution is 2.45. The number of furan rings is 3. The second kappa shape index (κ2) is 9.79. The average molecular weight is 627 g/mol. The fourth-order valence-corrected chi connectivity index (χ4v) is 7.35. The number of rotatable bonds is 3. The van der Waals surface area contributed by atoms with Gasteiger partial charge in [-0.25, -0.2) is 9.97 Å². The molecule has 5 nitrogen and oxygen atoms in total. The summed E-state index contributed by atoms with van der Waals surface area (Å²) < 4.78 is 18.9. The lowest BCUT2D eigenvalue weighted by Crippen LogP contribution is -2.01. The predicted octanol–water partition coefficient (Wildman–Crippen LogP) is 12.1. The predicted molar refractivity (Wildman–Crippen MR) is 190 cm³/mol. The Kier molecular flexibility index (Phi) is 5.48. The van der Waals surface area contributed by atoms with Crippen LogP contribution in [0.25, 0.3) is 99.7 Å². The highest BCUT2D eigenvalue weighted by Gasteiger charge is 2.25. The summed E-state index contributed by atoms with van der Waals surface area (Å²) in [6, 6.07) is 40.3. The monoisotopic (exact) mass is 626 g/mol. The highest BCUT2D eigenvalue weighted by molar-refractivity contribution is 6.36. The first-order chi connectivity index (χ1) is 23.1. The van der Waals surface area contributed by atoms with Crippen molar-refractivity contribution in [3.05, 3.63) is 132 Å². The lowest BCUT2D eigenvalue weighted by atomic mass is 9.95. The summed E-state index contributed by atoms with van der Waals surface area (Å²) in [4.78, 5) is 10.7. The highest BCUT2D eigenvalue weighted by atomic mass is 35.5. The Morgan fingerprint density at radius 1 is 0.447 bits per heavy atom. The summed E-state index contributed by atoms with van der Waals surface area (Å²) in [5.41, 5.74) is 9.94. The van der Waals surface area contributed by atoms with Crippen molar-refractivity contribution in [2.24, 2.45) is 0 Å². The molecule has 47 heavy (non-hydrogen) atoms. The van der Waals surface area contributed by atoms with Gasteiger partial charge in [-0.3, -0.25) is 0 Å². The van der Waals surface area contributed by atoms with Gasteiger partial charge in [0.15, 0.2) is 5.82 Å². The molecule has 0 saturated carbocycles. The number of benzene rings is 6. The minimum absolute atomic E-state index is 0.511. The van der Waals surface area contributed by atoms with E-state index in [1.807, 2.05) is 97.1 Å². The van der Waals surface area contributed by atoms with Gasteiger partial charge in [0.25, 0.3) is 0 Å². The molecular weight excluding hydrogens is 604 g/mol. The Labute approximate surface area is 272 Å². The zero-order valence-electron chi connectivity index (χ0n) is 25.0. The first-order valence-electron chi connectivity index (χ1n) is 15.4. The third kappa shape index (κ3) is 3.78. The summed E-state index contributed by atoms with van der Waals surface area (Å²) in [5, 5.41) is 6.46. The van der Waals surface area contributed by atoms with Crippen molar-refractivity contribution in [1.82, 2.24) is 9.97 Å². The molecule has 4 aromatic heterocycles. The van der Waals surface area contributed by atoms with E-state index in [0.717, 1.165) is 99.5 Å². The van der Waals surface area contributed by atoms with Gasteiger partial charge in [0, 0.05) is 54.6 Å². The quantitative estimate of drug-likeness (QED) is 0.195. The van der Waals surface area contributed by atoms with Crippen LogP contribution in [0.4, 0.5) is 0 Å². The third-order valence-electron chi connectivity index (χ3n) is 9.18. The van der Waals surface area contributed by atoms with Crippen molar-refractivity contribution < 1.29 is 13.3 Å². The van der Waals surface area contributed by atoms with Gasteiger partial charge >= 0.3 is 0 Å². The molecule has 6 heteroatoms. The Morgan fingerprint density at radius 2 is 0.872 bits per heavy atom. The molecule has 0 spiro atoms. The van der Waals surface area contributed by atoms with E-state index >= 15 is 0 Å². The molecule has 6 aromatic carbocycles. The largest absolute Gasteiger partial charge is 0.456 e. The fraction of sp³-hybridized carbons (Fsp3) is 0.0244. The van der Waals surface area contributed by atoms with E-state index in [0.29, 0.717) is 10.8 Å². The molecule has 0 amide bonds. The van der Waals surface area contributed by atoms with Crippen LogP contribution < -0.4 is 0 Å². The van der Waals surface area contributed by atoms with Gasteiger partial charge in [-0.2, -0.15) is 0 Å². The number of hydrogen-bond donors (Lipinski definition) is 0. The van der Waals surface area contributed by atoms with Gasteiger partial charge in [0.2, 0.25) is 0 Å². The van der Waals surface area contributed by atoms with Crippen molar-refractivity contribution in [3.8, 4) is 33.9 Å². The second-order valence-electron chi connectivity index (χ2n) is 11.8. The van der Waals surface area contributed by atoms with Gasteiger partial charge < -0.3 is 13.3 Å². The van der Waals surface area contributed by atoms with Crippen LogP contribution in [0.1, 0.15) is 5.56 Å². The van der Waals surface area contributed by atoms with Gasteiger partial charge in [-0.15, -0.1) is 0 Å². The van der Waals surface area contributed by atoms with Crippen LogP contribution in [0.3, 0.4) is 0 Å². The molecule has 10 rings (SSSR count). The van der Waals surface area contributed by atoms with E-state index in [1.165, 1.54) is 0 Å². The van der Waals surface area contributed by atoms with Crippen LogP contribution in [0.15, 0.2) is 135 Å². The maximum Gasteiger partial charge on any atom is 0.162 e. The van der Waals surface area contributed by atoms with Crippen LogP contribution in [0.5, 0.6) is 0 Å². The van der Waals surface area contributed by atoms with Crippen LogP contribution in [-0.4, -0.2) is 9.97 Å². The summed E-state index contributed by atoms with van der Waals surface area (Å²) in [5.74, 6) is 0.511. The Balaban J connectivity index is 1.37. The molecule has 4 heterocycles. The van der Waals surface area contributed by atoms with E-state index in [-0.39, 0.29) is 0 Å². The summed E-state index contributed by atoms with van der Waals surface area (Å²) in [7, 11) is 0. The van der Waals surface area contributed by atoms with Crippen molar-refractivity contribution in [3.63, 3.8) is 0 Å². The number of fused-ring (bicyclic) bond motifs is 9. The van der Waals surface area contributed by atoms with E-state index in [1.54, 1.807) is 0 Å². The molecular formula is C41H23ClN2O3. The third-order valence-corrected chi connectivity index (χ3v) is 9.49. The topological polar surface area (TPSA) is 65.2 Å². The summed E-state index contributed by atoms with van der Waals surface area (Å²) in [6.07, 6.45) is 0. The number of para-hydroxylation sites is 3. The van der Waals surface area contributed by atoms with E-state index < -0.39 is 0 Å². The first kappa shape index (κ1) is 26.3. The minimum Gasteiger partial charge on any atom is -0.456 e. The maximum absolute atomic E-state index is 7.09. The van der Waals surface area contributed by atoms with Crippen LogP contribution in [0.2, 0.25) is 5.02 Å². The van der Waals surface area contributed by atoms with Crippen molar-refractivity contribution in [1.29, 1.82) is 0 Å². The Bertz CT molecular complexity index is 2760. The Morgan fingerprint density at radius 3 is 1.38 bits per heavy atom. The fourth-order valence-electron chi connectivity index (χ4n) is 7.11. The molecule has 0 fully saturated rings. The molecule has 0 atom stereocenters. The van der Waals surface area contributed by atoms with Crippen LogP contribution >= 0.6 is 11.6 Å². The van der Waals surface area contributed by atoms with E-state index in [9.17, 15) is 0 Å². The lowest BCUT2D eigenvalue weighted by Gasteiger charge is -2.16. The standard InChI is InChI=1S/C41H23ClN2O3/c1-22-39(26-13-8-18-32-35(26)23-10-2-5-15-29(23)45-32)43-41(38-28(42)20-21-34-37(38)25-12-4-7-17-31(25)47-34)44-40(22)27-14-9-19-33-36(27)24-11-3-6-16-30(24)46-33/h2-21H,1H3. The van der Waals surface area contributed by atoms with Crippen molar-refractivity contribution >= 4 is 77.4 Å². The molecule has 0 N–H and O–H groups in total. The van der Waals surface area contributed by atoms with Crippen LogP contribution in [-0.2, 0) is 0 Å². The molecule has 0 saturated heterocycles. The summed E-state index contributed by atoms with van der Waals surface area (Å²) >= 11 is 7.09. The molecule has 222 valence electrons. The second-order valence-corrected chi connectivity index (χ2v) is 12.2. The molecule has 0 bridgehead atoms. The first-order valence-corrected chi connectivity index (χ1v) is 15.8. The number of nitrogens with zero attached hydrogens (tertiary/aromatic N) is 2. The molecule has 0 aliphatic carbocycles. The van der Waals surface area contributed by atoms with Crippen LogP contribution in [0, 0.1) is 6.92 Å². The Hall–Kier alpha value is -5.91. The minimum atomic E-state index is 0.511. The maximum atomic E-state index is 7.09. The molecule has 0 aliphatic heterocycles. The molecule has 0 unspecified atom stereocenters. The van der Waals surface area contributed by atoms with Gasteiger partial charge in [0.05, 0.1) is 16.4 Å². The molecule has 10 aromatic rings. The van der Waals surface area contributed by atoms with Gasteiger partial charge in [-0.05, 0) is 49.4 Å². The smallest absolute Gasteiger partial charge is 0.162 e.